The zero-order chi connectivity index (χ0) is 12.5. The molecule has 0 bridgehead atoms. The van der Waals surface area contributed by atoms with E-state index in [0.717, 1.165) is 25.6 Å². The number of hydrogen-bond donors (Lipinski definition) is 0. The largest absolute Gasteiger partial charge is 0.294 e. The fourth-order valence-electron chi connectivity index (χ4n) is 2.33. The van der Waals surface area contributed by atoms with Gasteiger partial charge >= 0.3 is 0 Å². The SMILES string of the molecule is Fc1ccc(CN2CCc3sccc3C2)c(F)c1. The molecule has 0 saturated heterocycles. The van der Waals surface area contributed by atoms with E-state index in [4.69, 9.17) is 0 Å². The van der Waals surface area contributed by atoms with Gasteiger partial charge in [-0.05, 0) is 29.5 Å². The highest BCUT2D eigenvalue weighted by Gasteiger charge is 2.18. The molecule has 1 aromatic carbocycles. The van der Waals surface area contributed by atoms with Gasteiger partial charge in [0.05, 0.1) is 0 Å². The van der Waals surface area contributed by atoms with E-state index < -0.39 is 11.6 Å². The van der Waals surface area contributed by atoms with Crippen LogP contribution in [0.1, 0.15) is 16.0 Å². The molecule has 0 atom stereocenters. The Balaban J connectivity index is 1.74. The highest BCUT2D eigenvalue weighted by molar-refractivity contribution is 7.10. The zero-order valence-corrected chi connectivity index (χ0v) is 10.6. The van der Waals surface area contributed by atoms with E-state index in [2.05, 4.69) is 16.3 Å². The minimum absolute atomic E-state index is 0.453. The van der Waals surface area contributed by atoms with Crippen molar-refractivity contribution in [1.82, 2.24) is 4.90 Å². The molecule has 2 aromatic rings. The van der Waals surface area contributed by atoms with Gasteiger partial charge in [-0.2, -0.15) is 0 Å². The number of hydrogen-bond acceptors (Lipinski definition) is 2. The van der Waals surface area contributed by atoms with E-state index in [0.29, 0.717) is 12.1 Å². The molecule has 1 aliphatic rings. The van der Waals surface area contributed by atoms with Crippen LogP contribution < -0.4 is 0 Å². The van der Waals surface area contributed by atoms with Crippen LogP contribution >= 0.6 is 11.3 Å². The van der Waals surface area contributed by atoms with Gasteiger partial charge in [0.1, 0.15) is 11.6 Å². The highest BCUT2D eigenvalue weighted by atomic mass is 32.1. The van der Waals surface area contributed by atoms with Crippen LogP contribution in [-0.2, 0) is 19.5 Å². The maximum absolute atomic E-state index is 13.6. The molecule has 0 N–H and O–H groups in total. The first-order valence-corrected chi connectivity index (χ1v) is 6.82. The Kier molecular flexibility index (Phi) is 3.14. The van der Waals surface area contributed by atoms with Crippen LogP contribution in [-0.4, -0.2) is 11.4 Å². The molecule has 0 fully saturated rings. The molecular formula is C14H13F2NS. The van der Waals surface area contributed by atoms with Crippen molar-refractivity contribution in [1.29, 1.82) is 0 Å². The zero-order valence-electron chi connectivity index (χ0n) is 9.83. The monoisotopic (exact) mass is 265 g/mol. The average molecular weight is 265 g/mol. The normalized spacial score (nSPS) is 15.7. The van der Waals surface area contributed by atoms with Gasteiger partial charge in [0.15, 0.2) is 0 Å². The summed E-state index contributed by atoms with van der Waals surface area (Å²) >= 11 is 1.79. The van der Waals surface area contributed by atoms with E-state index in [1.165, 1.54) is 22.6 Å². The number of benzene rings is 1. The number of thiophene rings is 1. The van der Waals surface area contributed by atoms with E-state index >= 15 is 0 Å². The molecule has 0 spiro atoms. The summed E-state index contributed by atoms with van der Waals surface area (Å²) in [5.74, 6) is -0.971. The fraction of sp³-hybridized carbons (Fsp3) is 0.286. The molecule has 1 aromatic heterocycles. The Hall–Kier alpha value is -1.26. The van der Waals surface area contributed by atoms with E-state index in [1.54, 1.807) is 11.3 Å². The van der Waals surface area contributed by atoms with Gasteiger partial charge in [0, 0.05) is 36.1 Å². The molecule has 1 nitrogen and oxygen atoms in total. The Bertz CT molecular complexity index is 565. The predicted molar refractivity (Wildman–Crippen MR) is 68.5 cm³/mol. The van der Waals surface area contributed by atoms with Gasteiger partial charge in [-0.15, -0.1) is 11.3 Å². The van der Waals surface area contributed by atoms with E-state index in [1.807, 2.05) is 0 Å². The molecule has 18 heavy (non-hydrogen) atoms. The summed E-state index contributed by atoms with van der Waals surface area (Å²) in [4.78, 5) is 3.64. The molecule has 0 aliphatic carbocycles. The lowest BCUT2D eigenvalue weighted by molar-refractivity contribution is 0.244. The van der Waals surface area contributed by atoms with Gasteiger partial charge in [-0.1, -0.05) is 6.07 Å². The van der Waals surface area contributed by atoms with Crippen LogP contribution in [0.5, 0.6) is 0 Å². The molecule has 2 heterocycles. The minimum Gasteiger partial charge on any atom is -0.294 e. The lowest BCUT2D eigenvalue weighted by Crippen LogP contribution is -2.29. The topological polar surface area (TPSA) is 3.24 Å². The first-order chi connectivity index (χ1) is 8.72. The average Bonchev–Trinajstić information content (AvgIpc) is 2.80. The van der Waals surface area contributed by atoms with Crippen LogP contribution in [0.3, 0.4) is 0 Å². The summed E-state index contributed by atoms with van der Waals surface area (Å²) in [7, 11) is 0. The number of rotatable bonds is 2. The van der Waals surface area contributed by atoms with Gasteiger partial charge in [-0.25, -0.2) is 8.78 Å². The van der Waals surface area contributed by atoms with E-state index in [9.17, 15) is 8.78 Å². The molecule has 94 valence electrons. The van der Waals surface area contributed by atoms with Crippen molar-refractivity contribution in [3.63, 3.8) is 0 Å². The molecule has 0 radical (unpaired) electrons. The Morgan fingerprint density at radius 2 is 2.11 bits per heavy atom. The quantitative estimate of drug-likeness (QED) is 0.802. The van der Waals surface area contributed by atoms with Crippen LogP contribution in [0.4, 0.5) is 8.78 Å². The second-order valence-corrected chi connectivity index (χ2v) is 5.57. The Morgan fingerprint density at radius 1 is 1.22 bits per heavy atom. The van der Waals surface area contributed by atoms with Crippen molar-refractivity contribution < 1.29 is 8.78 Å². The first-order valence-electron chi connectivity index (χ1n) is 5.94. The van der Waals surface area contributed by atoms with Crippen molar-refractivity contribution in [2.75, 3.05) is 6.54 Å². The molecule has 4 heteroatoms. The van der Waals surface area contributed by atoms with Crippen molar-refractivity contribution in [3.8, 4) is 0 Å². The number of nitrogens with zero attached hydrogens (tertiary/aromatic N) is 1. The van der Waals surface area contributed by atoms with Gasteiger partial charge in [0.25, 0.3) is 0 Å². The molecule has 0 unspecified atom stereocenters. The number of fused-ring (bicyclic) bond motifs is 1. The smallest absolute Gasteiger partial charge is 0.130 e. The summed E-state index contributed by atoms with van der Waals surface area (Å²) < 4.78 is 26.4. The maximum Gasteiger partial charge on any atom is 0.130 e. The van der Waals surface area contributed by atoms with Crippen LogP contribution in [0.15, 0.2) is 29.6 Å². The molecule has 3 rings (SSSR count). The van der Waals surface area contributed by atoms with Gasteiger partial charge in [-0.3, -0.25) is 4.90 Å². The third-order valence-corrected chi connectivity index (χ3v) is 4.32. The summed E-state index contributed by atoms with van der Waals surface area (Å²) in [5, 5.41) is 2.10. The summed E-state index contributed by atoms with van der Waals surface area (Å²) in [6, 6.07) is 5.94. The van der Waals surface area contributed by atoms with Crippen LogP contribution in [0.2, 0.25) is 0 Å². The van der Waals surface area contributed by atoms with Crippen molar-refractivity contribution in [2.24, 2.45) is 0 Å². The summed E-state index contributed by atoms with van der Waals surface area (Å²) in [6.07, 6.45) is 1.02. The minimum atomic E-state index is -0.519. The number of halogens is 2. The molecule has 0 amide bonds. The first kappa shape index (κ1) is 11.8. The maximum atomic E-state index is 13.6. The van der Waals surface area contributed by atoms with E-state index in [-0.39, 0.29) is 0 Å². The summed E-state index contributed by atoms with van der Waals surface area (Å²) in [5.41, 5.74) is 1.91. The lowest BCUT2D eigenvalue weighted by Gasteiger charge is -2.26. The highest BCUT2D eigenvalue weighted by Crippen LogP contribution is 2.25. The van der Waals surface area contributed by atoms with Crippen molar-refractivity contribution in [3.05, 3.63) is 57.3 Å². The van der Waals surface area contributed by atoms with Crippen molar-refractivity contribution in [2.45, 2.75) is 19.5 Å². The van der Waals surface area contributed by atoms with Crippen LogP contribution in [0, 0.1) is 11.6 Å². The Labute approximate surface area is 109 Å². The lowest BCUT2D eigenvalue weighted by atomic mass is 10.1. The third kappa shape index (κ3) is 2.31. The molecular weight excluding hydrogens is 252 g/mol. The third-order valence-electron chi connectivity index (χ3n) is 3.30. The van der Waals surface area contributed by atoms with Gasteiger partial charge < -0.3 is 0 Å². The predicted octanol–water partition coefficient (Wildman–Crippen LogP) is 3.58. The Morgan fingerprint density at radius 3 is 2.94 bits per heavy atom. The second-order valence-electron chi connectivity index (χ2n) is 4.57. The second kappa shape index (κ2) is 4.78. The van der Waals surface area contributed by atoms with Gasteiger partial charge in [0.2, 0.25) is 0 Å². The summed E-state index contributed by atoms with van der Waals surface area (Å²) in [6.45, 7) is 2.33. The van der Waals surface area contributed by atoms with Crippen LogP contribution in [0.25, 0.3) is 0 Å². The standard InChI is InChI=1S/C14H13F2NS/c15-12-2-1-10(13(16)7-12)8-17-5-3-14-11(9-17)4-6-18-14/h1-2,4,6-7H,3,5,8-9H2. The molecule has 1 aliphatic heterocycles. The van der Waals surface area contributed by atoms with Crippen molar-refractivity contribution >= 4 is 11.3 Å². The molecule has 0 saturated carbocycles. The fourth-order valence-corrected chi connectivity index (χ4v) is 3.22.